The van der Waals surface area contributed by atoms with Crippen molar-refractivity contribution in [3.05, 3.63) is 45.1 Å². The normalized spacial score (nSPS) is 21.9. The molecule has 1 N–H and O–H groups in total. The fraction of sp³-hybridized carbons (Fsp3) is 0.286. The molecule has 1 aliphatic heterocycles. The van der Waals surface area contributed by atoms with Gasteiger partial charge in [-0.05, 0) is 43.0 Å². The smallest absolute Gasteiger partial charge is 0.153 e. The molecule has 18 heavy (non-hydrogen) atoms. The van der Waals surface area contributed by atoms with Crippen molar-refractivity contribution in [3.8, 4) is 5.75 Å². The van der Waals surface area contributed by atoms with Gasteiger partial charge in [-0.2, -0.15) is 0 Å². The first kappa shape index (κ1) is 11.9. The highest BCUT2D eigenvalue weighted by Gasteiger charge is 2.29. The number of thiophene rings is 1. The molecule has 2 unspecified atom stereocenters. The van der Waals surface area contributed by atoms with Gasteiger partial charge in [0.1, 0.15) is 5.75 Å². The first-order valence-corrected chi connectivity index (χ1v) is 7.17. The Labute approximate surface area is 116 Å². The minimum Gasteiger partial charge on any atom is -0.480 e. The van der Waals surface area contributed by atoms with Crippen molar-refractivity contribution in [3.63, 3.8) is 0 Å². The van der Waals surface area contributed by atoms with Gasteiger partial charge in [0.05, 0.1) is 11.7 Å². The third-order valence-corrected chi connectivity index (χ3v) is 4.30. The number of halogens is 1. The first-order valence-electron chi connectivity index (χ1n) is 5.92. The summed E-state index contributed by atoms with van der Waals surface area (Å²) in [4.78, 5) is 1.25. The molecule has 94 valence electrons. The van der Waals surface area contributed by atoms with Gasteiger partial charge in [-0.1, -0.05) is 17.7 Å². The molecule has 3 rings (SSSR count). The number of hydrogen-bond acceptors (Lipinski definition) is 3. The maximum atomic E-state index is 6.16. The van der Waals surface area contributed by atoms with Crippen LogP contribution in [-0.2, 0) is 0 Å². The van der Waals surface area contributed by atoms with E-state index in [1.807, 2.05) is 19.1 Å². The standard InChI is InChI=1S/C14H14ClNOS/c1-8-6-10(15)7-11-13(8)17-14(9(2)16-11)12-4-3-5-18-12/h3-7,9,14,16H,1-2H3. The molecule has 0 amide bonds. The molecule has 0 bridgehead atoms. The Kier molecular flexibility index (Phi) is 2.96. The number of rotatable bonds is 1. The second-order valence-electron chi connectivity index (χ2n) is 4.59. The Hall–Kier alpha value is -1.19. The minimum atomic E-state index is 0.0670. The van der Waals surface area contributed by atoms with Crippen molar-refractivity contribution < 1.29 is 4.74 Å². The van der Waals surface area contributed by atoms with E-state index in [4.69, 9.17) is 16.3 Å². The third kappa shape index (κ3) is 1.98. The maximum absolute atomic E-state index is 6.16. The van der Waals surface area contributed by atoms with Crippen molar-refractivity contribution in [1.29, 1.82) is 0 Å². The van der Waals surface area contributed by atoms with E-state index < -0.39 is 0 Å². The fourth-order valence-corrected chi connectivity index (χ4v) is 3.43. The second kappa shape index (κ2) is 4.48. The number of aryl methyl sites for hydroxylation is 1. The number of fused-ring (bicyclic) bond motifs is 1. The van der Waals surface area contributed by atoms with Gasteiger partial charge in [0.2, 0.25) is 0 Å². The lowest BCUT2D eigenvalue weighted by molar-refractivity contribution is 0.180. The van der Waals surface area contributed by atoms with Crippen LogP contribution in [0.4, 0.5) is 5.69 Å². The van der Waals surface area contributed by atoms with E-state index in [-0.39, 0.29) is 12.1 Å². The van der Waals surface area contributed by atoms with Crippen LogP contribution in [-0.4, -0.2) is 6.04 Å². The van der Waals surface area contributed by atoms with Crippen molar-refractivity contribution >= 4 is 28.6 Å². The molecule has 1 aromatic carbocycles. The molecule has 0 fully saturated rings. The molecule has 0 aliphatic carbocycles. The lowest BCUT2D eigenvalue weighted by Gasteiger charge is -2.33. The zero-order valence-corrected chi connectivity index (χ0v) is 11.8. The zero-order valence-electron chi connectivity index (χ0n) is 10.2. The van der Waals surface area contributed by atoms with Gasteiger partial charge < -0.3 is 10.1 Å². The fourth-order valence-electron chi connectivity index (χ4n) is 2.30. The average molecular weight is 280 g/mol. The summed E-state index contributed by atoms with van der Waals surface area (Å²) in [7, 11) is 0. The van der Waals surface area contributed by atoms with Crippen LogP contribution < -0.4 is 10.1 Å². The zero-order chi connectivity index (χ0) is 12.7. The number of anilines is 1. The molecule has 2 heterocycles. The van der Waals surface area contributed by atoms with Crippen LogP contribution in [0.15, 0.2) is 29.6 Å². The van der Waals surface area contributed by atoms with Gasteiger partial charge in [0.25, 0.3) is 0 Å². The van der Waals surface area contributed by atoms with Crippen molar-refractivity contribution in [2.45, 2.75) is 26.0 Å². The summed E-state index contributed by atoms with van der Waals surface area (Å²) in [5, 5.41) is 6.30. The lowest BCUT2D eigenvalue weighted by atomic mass is 10.1. The van der Waals surface area contributed by atoms with Gasteiger partial charge >= 0.3 is 0 Å². The summed E-state index contributed by atoms with van der Waals surface area (Å²) < 4.78 is 6.16. The molecule has 4 heteroatoms. The topological polar surface area (TPSA) is 21.3 Å². The molecule has 1 aliphatic rings. The van der Waals surface area contributed by atoms with Gasteiger partial charge in [-0.15, -0.1) is 11.3 Å². The average Bonchev–Trinajstić information content (AvgIpc) is 2.81. The summed E-state index contributed by atoms with van der Waals surface area (Å²) >= 11 is 7.80. The van der Waals surface area contributed by atoms with Crippen molar-refractivity contribution in [2.24, 2.45) is 0 Å². The highest BCUT2D eigenvalue weighted by atomic mass is 35.5. The van der Waals surface area contributed by atoms with E-state index >= 15 is 0 Å². The Morgan fingerprint density at radius 2 is 2.22 bits per heavy atom. The van der Waals surface area contributed by atoms with Crippen LogP contribution >= 0.6 is 22.9 Å². The van der Waals surface area contributed by atoms with Crippen LogP contribution in [0, 0.1) is 6.92 Å². The van der Waals surface area contributed by atoms with Gasteiger partial charge in [-0.3, -0.25) is 0 Å². The summed E-state index contributed by atoms with van der Waals surface area (Å²) in [5.41, 5.74) is 2.05. The molecule has 0 saturated carbocycles. The monoisotopic (exact) mass is 279 g/mol. The van der Waals surface area contributed by atoms with Crippen LogP contribution in [0.2, 0.25) is 5.02 Å². The number of hydrogen-bond donors (Lipinski definition) is 1. The van der Waals surface area contributed by atoms with E-state index in [2.05, 4.69) is 29.8 Å². The number of nitrogens with one attached hydrogen (secondary N) is 1. The number of benzene rings is 1. The molecule has 0 spiro atoms. The van der Waals surface area contributed by atoms with E-state index in [1.165, 1.54) is 4.88 Å². The summed E-state index contributed by atoms with van der Waals surface area (Å²) in [6.45, 7) is 4.15. The maximum Gasteiger partial charge on any atom is 0.153 e. The SMILES string of the molecule is Cc1cc(Cl)cc2c1OC(c1cccs1)C(C)N2. The molecule has 2 nitrogen and oxygen atoms in total. The molecule has 0 radical (unpaired) electrons. The third-order valence-electron chi connectivity index (χ3n) is 3.15. The molecular formula is C14H14ClNOS. The van der Waals surface area contributed by atoms with E-state index in [0.717, 1.165) is 22.0 Å². The first-order chi connectivity index (χ1) is 8.65. The molecule has 1 aromatic heterocycles. The van der Waals surface area contributed by atoms with Crippen LogP contribution in [0.1, 0.15) is 23.5 Å². The van der Waals surface area contributed by atoms with E-state index in [1.54, 1.807) is 11.3 Å². The Balaban J connectivity index is 2.01. The van der Waals surface area contributed by atoms with Gasteiger partial charge in [0, 0.05) is 9.90 Å². The van der Waals surface area contributed by atoms with Crippen molar-refractivity contribution in [2.75, 3.05) is 5.32 Å². The predicted octanol–water partition coefficient (Wildman–Crippen LogP) is 4.64. The van der Waals surface area contributed by atoms with Gasteiger partial charge in [-0.25, -0.2) is 0 Å². The summed E-state index contributed by atoms with van der Waals surface area (Å²) in [5.74, 6) is 0.913. The largest absolute Gasteiger partial charge is 0.480 e. The van der Waals surface area contributed by atoms with E-state index in [0.29, 0.717) is 0 Å². The summed E-state index contributed by atoms with van der Waals surface area (Å²) in [6, 6.07) is 8.26. The lowest BCUT2D eigenvalue weighted by Crippen LogP contribution is -2.32. The molecular weight excluding hydrogens is 266 g/mol. The van der Waals surface area contributed by atoms with Gasteiger partial charge in [0.15, 0.2) is 6.10 Å². The Bertz CT molecular complexity index is 567. The highest BCUT2D eigenvalue weighted by molar-refractivity contribution is 7.10. The Morgan fingerprint density at radius 1 is 1.39 bits per heavy atom. The molecule has 0 saturated heterocycles. The van der Waals surface area contributed by atoms with Crippen LogP contribution in [0.3, 0.4) is 0 Å². The van der Waals surface area contributed by atoms with Crippen LogP contribution in [0.25, 0.3) is 0 Å². The van der Waals surface area contributed by atoms with Crippen molar-refractivity contribution in [1.82, 2.24) is 0 Å². The van der Waals surface area contributed by atoms with Crippen LogP contribution in [0.5, 0.6) is 5.75 Å². The summed E-state index contributed by atoms with van der Waals surface area (Å²) in [6.07, 6.45) is 0.0670. The number of ether oxygens (including phenoxy) is 1. The quantitative estimate of drug-likeness (QED) is 0.821. The Morgan fingerprint density at radius 3 is 2.94 bits per heavy atom. The van der Waals surface area contributed by atoms with E-state index in [9.17, 15) is 0 Å². The molecule has 2 atom stereocenters. The second-order valence-corrected chi connectivity index (χ2v) is 6.00. The minimum absolute atomic E-state index is 0.0670. The highest BCUT2D eigenvalue weighted by Crippen LogP contribution is 2.42. The predicted molar refractivity (Wildman–Crippen MR) is 77.0 cm³/mol. The molecule has 2 aromatic rings.